The molecule has 0 fully saturated rings. The number of carbonyl (C=O) groups excluding carboxylic acids is 1. The van der Waals surface area contributed by atoms with Gasteiger partial charge in [-0.1, -0.05) is 18.2 Å². The summed E-state index contributed by atoms with van der Waals surface area (Å²) in [7, 11) is 0. The van der Waals surface area contributed by atoms with Crippen molar-refractivity contribution in [2.75, 3.05) is 6.54 Å². The van der Waals surface area contributed by atoms with Gasteiger partial charge in [0.2, 0.25) is 5.88 Å². The van der Waals surface area contributed by atoms with Crippen LogP contribution in [0.15, 0.2) is 42.7 Å². The molecule has 0 aliphatic heterocycles. The second-order valence-corrected chi connectivity index (χ2v) is 4.38. The fraction of sp³-hybridized carbons (Fsp3) is 0.133. The van der Waals surface area contributed by atoms with Crippen molar-refractivity contribution < 1.29 is 9.53 Å². The van der Waals surface area contributed by atoms with E-state index in [-0.39, 0.29) is 5.91 Å². The number of aromatic amines is 1. The van der Waals surface area contributed by atoms with Crippen LogP contribution in [0.3, 0.4) is 0 Å². The van der Waals surface area contributed by atoms with Crippen LogP contribution in [0.4, 0.5) is 0 Å². The Labute approximate surface area is 121 Å². The lowest BCUT2D eigenvalue weighted by Gasteiger charge is -2.04. The lowest BCUT2D eigenvalue weighted by Crippen LogP contribution is -2.22. The largest absolute Gasteiger partial charge is 0.437 e. The van der Waals surface area contributed by atoms with Gasteiger partial charge in [-0.05, 0) is 19.1 Å². The van der Waals surface area contributed by atoms with Crippen molar-refractivity contribution >= 4 is 17.1 Å². The number of amides is 1. The molecule has 3 aromatic rings. The van der Waals surface area contributed by atoms with Gasteiger partial charge in [-0.15, -0.1) is 0 Å². The normalized spacial score (nSPS) is 10.5. The van der Waals surface area contributed by atoms with E-state index in [1.54, 1.807) is 6.20 Å². The smallest absolute Gasteiger partial charge is 0.255 e. The van der Waals surface area contributed by atoms with Crippen molar-refractivity contribution in [2.45, 2.75) is 6.92 Å². The first-order valence-electron chi connectivity index (χ1n) is 6.63. The maximum Gasteiger partial charge on any atom is 0.255 e. The predicted molar refractivity (Wildman–Crippen MR) is 78.4 cm³/mol. The number of carbonyl (C=O) groups is 1. The number of H-pyrrole nitrogens is 1. The van der Waals surface area contributed by atoms with Gasteiger partial charge in [0.05, 0.1) is 11.8 Å². The van der Waals surface area contributed by atoms with Crippen molar-refractivity contribution in [1.82, 2.24) is 20.3 Å². The Morgan fingerprint density at radius 1 is 1.33 bits per heavy atom. The maximum absolute atomic E-state index is 11.9. The van der Waals surface area contributed by atoms with Crippen LogP contribution < -0.4 is 10.1 Å². The minimum absolute atomic E-state index is 0.185. The summed E-state index contributed by atoms with van der Waals surface area (Å²) in [5, 5.41) is 2.74. The molecule has 0 unspecified atom stereocenters. The zero-order valence-electron chi connectivity index (χ0n) is 11.5. The Morgan fingerprint density at radius 2 is 2.14 bits per heavy atom. The van der Waals surface area contributed by atoms with Crippen molar-refractivity contribution in [3.8, 4) is 11.6 Å². The van der Waals surface area contributed by atoms with Gasteiger partial charge in [0.15, 0.2) is 5.65 Å². The number of para-hydroxylation sites is 1. The summed E-state index contributed by atoms with van der Waals surface area (Å²) in [6.45, 7) is 2.42. The Kier molecular flexibility index (Phi) is 3.51. The molecule has 0 aliphatic rings. The zero-order chi connectivity index (χ0) is 14.7. The molecule has 3 rings (SSSR count). The molecule has 0 saturated carbocycles. The first-order valence-corrected chi connectivity index (χ1v) is 6.63. The van der Waals surface area contributed by atoms with Gasteiger partial charge >= 0.3 is 0 Å². The second-order valence-electron chi connectivity index (χ2n) is 4.38. The Morgan fingerprint density at radius 3 is 2.90 bits per heavy atom. The van der Waals surface area contributed by atoms with Crippen molar-refractivity contribution in [3.63, 3.8) is 0 Å². The van der Waals surface area contributed by atoms with Crippen LogP contribution in [0, 0.1) is 0 Å². The number of benzene rings is 1. The summed E-state index contributed by atoms with van der Waals surface area (Å²) in [6.07, 6.45) is 3.12. The van der Waals surface area contributed by atoms with Crippen LogP contribution >= 0.6 is 0 Å². The Hall–Kier alpha value is -2.89. The summed E-state index contributed by atoms with van der Waals surface area (Å²) in [5.74, 6) is 0.829. The molecule has 2 N–H and O–H groups in total. The summed E-state index contributed by atoms with van der Waals surface area (Å²) < 4.78 is 5.63. The molecule has 6 nitrogen and oxygen atoms in total. The van der Waals surface area contributed by atoms with Crippen molar-refractivity contribution in [2.24, 2.45) is 0 Å². The molecule has 0 saturated heterocycles. The van der Waals surface area contributed by atoms with Crippen LogP contribution in [-0.2, 0) is 0 Å². The van der Waals surface area contributed by atoms with Gasteiger partial charge in [-0.25, -0.2) is 9.97 Å². The fourth-order valence-corrected chi connectivity index (χ4v) is 1.96. The summed E-state index contributed by atoms with van der Waals surface area (Å²) in [5.41, 5.74) is 1.50. The van der Waals surface area contributed by atoms with E-state index in [0.717, 1.165) is 0 Å². The van der Waals surface area contributed by atoms with E-state index in [0.29, 0.717) is 34.9 Å². The van der Waals surface area contributed by atoms with Crippen LogP contribution in [-0.4, -0.2) is 27.4 Å². The highest BCUT2D eigenvalue weighted by atomic mass is 16.5. The number of rotatable bonds is 4. The van der Waals surface area contributed by atoms with E-state index in [1.807, 2.05) is 37.3 Å². The van der Waals surface area contributed by atoms with Gasteiger partial charge in [0.25, 0.3) is 5.91 Å². The highest BCUT2D eigenvalue weighted by Crippen LogP contribution is 2.21. The fourth-order valence-electron chi connectivity index (χ4n) is 1.96. The average Bonchev–Trinajstić information content (AvgIpc) is 2.92. The molecule has 106 valence electrons. The van der Waals surface area contributed by atoms with E-state index in [9.17, 15) is 4.79 Å². The minimum Gasteiger partial charge on any atom is -0.437 e. The van der Waals surface area contributed by atoms with E-state index in [2.05, 4.69) is 20.3 Å². The highest BCUT2D eigenvalue weighted by molar-refractivity contribution is 6.04. The average molecular weight is 282 g/mol. The van der Waals surface area contributed by atoms with E-state index in [1.165, 1.54) is 6.20 Å². The molecule has 6 heteroatoms. The Bertz CT molecular complexity index is 768. The lowest BCUT2D eigenvalue weighted by atomic mass is 10.3. The summed E-state index contributed by atoms with van der Waals surface area (Å²) >= 11 is 0. The number of ether oxygens (including phenoxy) is 1. The monoisotopic (exact) mass is 282 g/mol. The topological polar surface area (TPSA) is 79.9 Å². The number of nitrogens with one attached hydrogen (secondary N) is 2. The lowest BCUT2D eigenvalue weighted by molar-refractivity contribution is 0.0957. The number of nitrogens with zero attached hydrogens (tertiary/aromatic N) is 2. The zero-order valence-corrected chi connectivity index (χ0v) is 11.5. The molecular formula is C15H14N4O2. The summed E-state index contributed by atoms with van der Waals surface area (Å²) in [4.78, 5) is 23.5. The number of aromatic nitrogens is 3. The maximum atomic E-state index is 11.9. The minimum atomic E-state index is -0.185. The highest BCUT2D eigenvalue weighted by Gasteiger charge is 2.14. The molecule has 0 radical (unpaired) electrons. The van der Waals surface area contributed by atoms with Gasteiger partial charge in [0, 0.05) is 12.7 Å². The molecular weight excluding hydrogens is 268 g/mol. The van der Waals surface area contributed by atoms with Gasteiger partial charge < -0.3 is 15.0 Å². The molecule has 1 aromatic carbocycles. The quantitative estimate of drug-likeness (QED) is 0.770. The van der Waals surface area contributed by atoms with Crippen molar-refractivity contribution in [3.05, 3.63) is 48.3 Å². The summed E-state index contributed by atoms with van der Waals surface area (Å²) in [6, 6.07) is 9.30. The number of hydrogen-bond donors (Lipinski definition) is 2. The number of fused-ring (bicyclic) bond motifs is 1. The van der Waals surface area contributed by atoms with Crippen LogP contribution in [0.5, 0.6) is 11.6 Å². The SMILES string of the molecule is CCNC(=O)c1c[nH]c2ncc(Oc3ccccc3)nc12. The molecule has 0 bridgehead atoms. The van der Waals surface area contributed by atoms with Gasteiger partial charge in [0.1, 0.15) is 11.3 Å². The number of hydrogen-bond acceptors (Lipinski definition) is 4. The molecule has 1 amide bonds. The van der Waals surface area contributed by atoms with Crippen molar-refractivity contribution in [1.29, 1.82) is 0 Å². The van der Waals surface area contributed by atoms with E-state index >= 15 is 0 Å². The predicted octanol–water partition coefficient (Wildman–Crippen LogP) is 2.50. The standard InChI is InChI=1S/C15H14N4O2/c1-2-16-15(20)11-8-17-14-13(11)19-12(9-18-14)21-10-6-4-3-5-7-10/h3-9H,2H2,1H3,(H,16,20)(H,17,18). The third-order valence-electron chi connectivity index (χ3n) is 2.91. The Balaban J connectivity index is 1.95. The third kappa shape index (κ3) is 2.69. The molecule has 2 heterocycles. The molecule has 2 aromatic heterocycles. The van der Waals surface area contributed by atoms with E-state index < -0.39 is 0 Å². The van der Waals surface area contributed by atoms with Gasteiger partial charge in [-0.2, -0.15) is 0 Å². The third-order valence-corrected chi connectivity index (χ3v) is 2.91. The second kappa shape index (κ2) is 5.62. The first kappa shape index (κ1) is 13.1. The van der Waals surface area contributed by atoms with Crippen LogP contribution in [0.2, 0.25) is 0 Å². The molecule has 21 heavy (non-hydrogen) atoms. The molecule has 0 aliphatic carbocycles. The molecule has 0 atom stereocenters. The van der Waals surface area contributed by atoms with Crippen LogP contribution in [0.1, 0.15) is 17.3 Å². The van der Waals surface area contributed by atoms with Gasteiger partial charge in [-0.3, -0.25) is 4.79 Å². The van der Waals surface area contributed by atoms with E-state index in [4.69, 9.17) is 4.74 Å². The molecule has 0 spiro atoms. The first-order chi connectivity index (χ1) is 10.3. The van der Waals surface area contributed by atoms with Crippen LogP contribution in [0.25, 0.3) is 11.2 Å².